The summed E-state index contributed by atoms with van der Waals surface area (Å²) in [5, 5.41) is 5.39. The molecule has 2 rings (SSSR count). The fourth-order valence-electron chi connectivity index (χ4n) is 2.98. The molecule has 1 saturated heterocycles. The van der Waals surface area contributed by atoms with E-state index in [4.69, 9.17) is 4.99 Å². The first-order valence-electron chi connectivity index (χ1n) is 7.21. The van der Waals surface area contributed by atoms with E-state index >= 15 is 0 Å². The smallest absolute Gasteiger partial charge is 0.157 e. The Bertz CT molecular complexity index is 247. The van der Waals surface area contributed by atoms with E-state index in [0.29, 0.717) is 6.04 Å². The summed E-state index contributed by atoms with van der Waals surface area (Å²) < 4.78 is 0. The largest absolute Gasteiger partial charge is 0.362 e. The van der Waals surface area contributed by atoms with E-state index in [1.54, 1.807) is 0 Å². The Balaban J connectivity index is 1.65. The topological polar surface area (TPSA) is 24.4 Å². The summed E-state index contributed by atoms with van der Waals surface area (Å²) in [6, 6.07) is 0.597. The molecule has 0 bridgehead atoms. The first-order valence-corrected chi connectivity index (χ1v) is 8.09. The maximum atomic E-state index is 4.71. The Morgan fingerprint density at radius 3 is 2.76 bits per heavy atom. The van der Waals surface area contributed by atoms with Crippen LogP contribution in [0.25, 0.3) is 0 Å². The summed E-state index contributed by atoms with van der Waals surface area (Å²) in [4.78, 5) is 4.71. The van der Waals surface area contributed by atoms with Crippen molar-refractivity contribution in [3.05, 3.63) is 0 Å². The number of thioether (sulfide) groups is 1. The van der Waals surface area contributed by atoms with Crippen molar-refractivity contribution in [2.75, 3.05) is 6.54 Å². The van der Waals surface area contributed by atoms with Gasteiger partial charge in [0.05, 0.1) is 0 Å². The van der Waals surface area contributed by atoms with E-state index in [0.717, 1.165) is 17.7 Å². The maximum Gasteiger partial charge on any atom is 0.157 e. The van der Waals surface area contributed by atoms with Gasteiger partial charge in [0.25, 0.3) is 0 Å². The molecule has 17 heavy (non-hydrogen) atoms. The number of nitrogens with one attached hydrogen (secondary N) is 1. The molecule has 0 spiro atoms. The van der Waals surface area contributed by atoms with E-state index in [2.05, 4.69) is 19.2 Å². The highest BCUT2D eigenvalue weighted by atomic mass is 32.2. The van der Waals surface area contributed by atoms with Crippen LogP contribution in [0.4, 0.5) is 0 Å². The quantitative estimate of drug-likeness (QED) is 0.771. The number of hydrogen-bond donors (Lipinski definition) is 1. The van der Waals surface area contributed by atoms with Crippen LogP contribution in [0, 0.1) is 5.92 Å². The maximum absolute atomic E-state index is 4.71. The molecule has 2 aliphatic rings. The van der Waals surface area contributed by atoms with E-state index in [1.165, 1.54) is 50.1 Å². The molecule has 3 heteroatoms. The van der Waals surface area contributed by atoms with E-state index in [1.807, 2.05) is 11.8 Å². The molecule has 0 aromatic carbocycles. The number of rotatable bonds is 4. The average Bonchev–Trinajstić information content (AvgIpc) is 2.76. The van der Waals surface area contributed by atoms with Crippen LogP contribution >= 0.6 is 11.8 Å². The standard InChI is InChI=1S/C14H26N2S/c1-11-10-12(2)17-14(16-11)15-9-5-8-13-6-3-4-7-13/h11-13H,3-10H2,1-2H3,(H,15,16). The van der Waals surface area contributed by atoms with Crippen LogP contribution in [0.15, 0.2) is 4.99 Å². The van der Waals surface area contributed by atoms with Gasteiger partial charge in [0.1, 0.15) is 0 Å². The fourth-order valence-corrected chi connectivity index (χ4v) is 4.18. The second kappa shape index (κ2) is 6.67. The van der Waals surface area contributed by atoms with Crippen LogP contribution in [-0.4, -0.2) is 23.0 Å². The van der Waals surface area contributed by atoms with Gasteiger partial charge >= 0.3 is 0 Å². The van der Waals surface area contributed by atoms with Crippen LogP contribution in [0.1, 0.15) is 58.8 Å². The molecule has 1 aliphatic carbocycles. The van der Waals surface area contributed by atoms with Gasteiger partial charge in [-0.25, -0.2) is 0 Å². The van der Waals surface area contributed by atoms with Crippen LogP contribution in [-0.2, 0) is 0 Å². The minimum absolute atomic E-state index is 0.597. The summed E-state index contributed by atoms with van der Waals surface area (Å²) in [6.45, 7) is 5.57. The molecule has 1 heterocycles. The molecule has 2 atom stereocenters. The van der Waals surface area contributed by atoms with E-state index in [-0.39, 0.29) is 0 Å². The molecule has 1 aliphatic heterocycles. The number of hydrogen-bond acceptors (Lipinski definition) is 2. The Morgan fingerprint density at radius 1 is 1.29 bits per heavy atom. The minimum atomic E-state index is 0.597. The molecule has 0 amide bonds. The Morgan fingerprint density at radius 2 is 2.06 bits per heavy atom. The minimum Gasteiger partial charge on any atom is -0.362 e. The van der Waals surface area contributed by atoms with Crippen molar-refractivity contribution in [2.24, 2.45) is 10.9 Å². The van der Waals surface area contributed by atoms with Gasteiger partial charge in [-0.05, 0) is 32.1 Å². The van der Waals surface area contributed by atoms with Gasteiger partial charge in [-0.1, -0.05) is 44.4 Å². The van der Waals surface area contributed by atoms with Crippen molar-refractivity contribution >= 4 is 16.9 Å². The van der Waals surface area contributed by atoms with Gasteiger partial charge in [0, 0.05) is 17.8 Å². The molecule has 0 radical (unpaired) electrons. The van der Waals surface area contributed by atoms with Gasteiger partial charge in [-0.3, -0.25) is 4.99 Å². The molecule has 0 aromatic rings. The SMILES string of the molecule is CC1CC(C)SC(=NCCCC2CCCC2)N1. The van der Waals surface area contributed by atoms with Gasteiger partial charge in [-0.15, -0.1) is 0 Å². The summed E-state index contributed by atoms with van der Waals surface area (Å²) in [5.74, 6) is 1.01. The first kappa shape index (κ1) is 13.3. The number of amidine groups is 1. The summed E-state index contributed by atoms with van der Waals surface area (Å²) >= 11 is 1.91. The molecule has 1 N–H and O–H groups in total. The first-order chi connectivity index (χ1) is 8.24. The molecule has 98 valence electrons. The lowest BCUT2D eigenvalue weighted by atomic mass is 10.0. The van der Waals surface area contributed by atoms with Gasteiger partial charge < -0.3 is 5.32 Å². The zero-order valence-corrected chi connectivity index (χ0v) is 12.1. The second-order valence-electron chi connectivity index (χ2n) is 5.69. The van der Waals surface area contributed by atoms with Crippen LogP contribution in [0.3, 0.4) is 0 Å². The van der Waals surface area contributed by atoms with Crippen molar-refractivity contribution in [3.63, 3.8) is 0 Å². The third-order valence-corrected chi connectivity index (χ3v) is 4.93. The lowest BCUT2D eigenvalue weighted by molar-refractivity contribution is 0.487. The molecular weight excluding hydrogens is 228 g/mol. The van der Waals surface area contributed by atoms with Gasteiger partial charge in [0.2, 0.25) is 0 Å². The van der Waals surface area contributed by atoms with Crippen LogP contribution < -0.4 is 5.32 Å². The molecule has 2 unspecified atom stereocenters. The average molecular weight is 254 g/mol. The van der Waals surface area contributed by atoms with Crippen molar-refractivity contribution in [2.45, 2.75) is 70.1 Å². The highest BCUT2D eigenvalue weighted by Gasteiger charge is 2.19. The normalized spacial score (nSPS) is 32.9. The predicted molar refractivity (Wildman–Crippen MR) is 77.8 cm³/mol. The van der Waals surface area contributed by atoms with Crippen molar-refractivity contribution in [1.29, 1.82) is 0 Å². The highest BCUT2D eigenvalue weighted by molar-refractivity contribution is 8.14. The Labute approximate surface area is 110 Å². The fraction of sp³-hybridized carbons (Fsp3) is 0.929. The Hall–Kier alpha value is -0.180. The van der Waals surface area contributed by atoms with Crippen LogP contribution in [0.2, 0.25) is 0 Å². The predicted octanol–water partition coefficient (Wildman–Crippen LogP) is 3.82. The second-order valence-corrected chi connectivity index (χ2v) is 7.12. The summed E-state index contributed by atoms with van der Waals surface area (Å²) in [6.07, 6.45) is 9.80. The van der Waals surface area contributed by atoms with E-state index in [9.17, 15) is 0 Å². The Kier molecular flexibility index (Phi) is 5.20. The number of nitrogens with zero attached hydrogens (tertiary/aromatic N) is 1. The third kappa shape index (κ3) is 4.53. The van der Waals surface area contributed by atoms with Crippen molar-refractivity contribution < 1.29 is 0 Å². The van der Waals surface area contributed by atoms with Crippen LogP contribution in [0.5, 0.6) is 0 Å². The third-order valence-electron chi connectivity index (χ3n) is 3.87. The molecule has 0 aromatic heterocycles. The monoisotopic (exact) mass is 254 g/mol. The zero-order chi connectivity index (χ0) is 12.1. The summed E-state index contributed by atoms with van der Waals surface area (Å²) in [7, 11) is 0. The summed E-state index contributed by atoms with van der Waals surface area (Å²) in [5.41, 5.74) is 0. The lowest BCUT2D eigenvalue weighted by Crippen LogP contribution is -2.38. The van der Waals surface area contributed by atoms with Gasteiger partial charge in [-0.2, -0.15) is 0 Å². The zero-order valence-electron chi connectivity index (χ0n) is 11.2. The van der Waals surface area contributed by atoms with Crippen molar-refractivity contribution in [1.82, 2.24) is 5.32 Å². The lowest BCUT2D eigenvalue weighted by Gasteiger charge is -2.26. The van der Waals surface area contributed by atoms with Crippen molar-refractivity contribution in [3.8, 4) is 0 Å². The molecule has 1 saturated carbocycles. The molecule has 2 fully saturated rings. The molecule has 2 nitrogen and oxygen atoms in total. The van der Waals surface area contributed by atoms with Gasteiger partial charge in [0.15, 0.2) is 5.17 Å². The number of aliphatic imine (C=N–C) groups is 1. The molecular formula is C14H26N2S. The van der Waals surface area contributed by atoms with E-state index < -0.39 is 0 Å². The highest BCUT2D eigenvalue weighted by Crippen LogP contribution is 2.28.